The SMILES string of the molecule is N[C@@H]1CCCN([C@@H]2Cc3ccccc3[C@H]2Oc2ccc3c(c2)OCO3)C1. The smallest absolute Gasteiger partial charge is 0.231 e. The van der Waals surface area contributed by atoms with Crippen LogP contribution < -0.4 is 19.9 Å². The number of rotatable bonds is 3. The van der Waals surface area contributed by atoms with Crippen LogP contribution in [0, 0.1) is 0 Å². The molecule has 5 nitrogen and oxygen atoms in total. The highest BCUT2D eigenvalue weighted by molar-refractivity contribution is 5.47. The first-order valence-electron chi connectivity index (χ1n) is 9.42. The zero-order chi connectivity index (χ0) is 17.5. The molecular weight excluding hydrogens is 328 g/mol. The molecule has 136 valence electrons. The zero-order valence-electron chi connectivity index (χ0n) is 14.8. The third kappa shape index (κ3) is 2.81. The van der Waals surface area contributed by atoms with Gasteiger partial charge in [0, 0.05) is 18.7 Å². The molecule has 2 heterocycles. The topological polar surface area (TPSA) is 57.0 Å². The van der Waals surface area contributed by atoms with Crippen molar-refractivity contribution in [1.82, 2.24) is 4.90 Å². The summed E-state index contributed by atoms with van der Waals surface area (Å²) in [6.07, 6.45) is 3.30. The molecule has 2 aromatic carbocycles. The average molecular weight is 352 g/mol. The molecule has 0 amide bonds. The summed E-state index contributed by atoms with van der Waals surface area (Å²) in [6.45, 7) is 2.31. The van der Waals surface area contributed by atoms with E-state index >= 15 is 0 Å². The van der Waals surface area contributed by atoms with Crippen LogP contribution in [0.4, 0.5) is 0 Å². The van der Waals surface area contributed by atoms with Crippen LogP contribution in [0.2, 0.25) is 0 Å². The normalized spacial score (nSPS) is 27.3. The molecule has 26 heavy (non-hydrogen) atoms. The Morgan fingerprint density at radius 1 is 1.08 bits per heavy atom. The zero-order valence-corrected chi connectivity index (χ0v) is 14.8. The van der Waals surface area contributed by atoms with Gasteiger partial charge in [0.15, 0.2) is 11.5 Å². The second-order valence-electron chi connectivity index (χ2n) is 7.42. The lowest BCUT2D eigenvalue weighted by Crippen LogP contribution is -2.49. The molecule has 1 saturated heterocycles. The molecule has 2 aliphatic heterocycles. The highest BCUT2D eigenvalue weighted by Crippen LogP contribution is 2.41. The van der Waals surface area contributed by atoms with E-state index in [-0.39, 0.29) is 18.9 Å². The standard InChI is InChI=1S/C21H24N2O3/c22-15-5-3-9-23(12-15)18-10-14-4-1-2-6-17(14)21(18)26-16-7-8-19-20(11-16)25-13-24-19/h1-2,4,6-8,11,15,18,21H,3,5,9-10,12-13,22H2/t15-,18-,21-/m1/s1. The van der Waals surface area contributed by atoms with Crippen molar-refractivity contribution < 1.29 is 14.2 Å². The molecule has 1 aliphatic carbocycles. The highest BCUT2D eigenvalue weighted by atomic mass is 16.7. The van der Waals surface area contributed by atoms with Gasteiger partial charge >= 0.3 is 0 Å². The molecule has 2 N–H and O–H groups in total. The van der Waals surface area contributed by atoms with Gasteiger partial charge in [0.1, 0.15) is 11.9 Å². The number of nitrogens with two attached hydrogens (primary N) is 1. The lowest BCUT2D eigenvalue weighted by molar-refractivity contribution is 0.0592. The van der Waals surface area contributed by atoms with Crippen molar-refractivity contribution >= 4 is 0 Å². The van der Waals surface area contributed by atoms with E-state index in [1.165, 1.54) is 11.1 Å². The molecule has 0 radical (unpaired) electrons. The summed E-state index contributed by atoms with van der Waals surface area (Å²) in [6, 6.07) is 15.0. The van der Waals surface area contributed by atoms with Crippen molar-refractivity contribution in [3.8, 4) is 17.2 Å². The summed E-state index contributed by atoms with van der Waals surface area (Å²) in [4.78, 5) is 2.52. The lowest BCUT2D eigenvalue weighted by Gasteiger charge is -2.38. The Labute approximate surface area is 153 Å². The number of fused-ring (bicyclic) bond motifs is 2. The number of hydrogen-bond acceptors (Lipinski definition) is 5. The highest BCUT2D eigenvalue weighted by Gasteiger charge is 2.39. The molecule has 2 aromatic rings. The largest absolute Gasteiger partial charge is 0.484 e. The van der Waals surface area contributed by atoms with Crippen molar-refractivity contribution in [2.24, 2.45) is 5.73 Å². The minimum absolute atomic E-state index is 0.0110. The summed E-state index contributed by atoms with van der Waals surface area (Å²) in [5.41, 5.74) is 8.91. The van der Waals surface area contributed by atoms with E-state index < -0.39 is 0 Å². The van der Waals surface area contributed by atoms with Gasteiger partial charge in [-0.25, -0.2) is 0 Å². The van der Waals surface area contributed by atoms with Gasteiger partial charge in [-0.3, -0.25) is 4.90 Å². The first kappa shape index (κ1) is 16.0. The minimum atomic E-state index is 0.0110. The van der Waals surface area contributed by atoms with Crippen molar-refractivity contribution in [3.05, 3.63) is 53.6 Å². The quantitative estimate of drug-likeness (QED) is 0.920. The Kier molecular flexibility index (Phi) is 3.98. The van der Waals surface area contributed by atoms with Crippen molar-refractivity contribution in [1.29, 1.82) is 0 Å². The predicted octanol–water partition coefficient (Wildman–Crippen LogP) is 2.88. The maximum absolute atomic E-state index is 6.51. The molecule has 5 rings (SSSR count). The van der Waals surface area contributed by atoms with E-state index in [1.807, 2.05) is 18.2 Å². The van der Waals surface area contributed by atoms with Gasteiger partial charge in [-0.05, 0) is 49.1 Å². The molecular formula is C21H24N2O3. The summed E-state index contributed by atoms with van der Waals surface area (Å²) >= 11 is 0. The summed E-state index contributed by atoms with van der Waals surface area (Å²) in [7, 11) is 0. The maximum atomic E-state index is 6.51. The van der Waals surface area contributed by atoms with Gasteiger partial charge in [0.25, 0.3) is 0 Å². The number of likely N-dealkylation sites (tertiary alicyclic amines) is 1. The first-order valence-corrected chi connectivity index (χ1v) is 9.42. The number of nitrogens with zero attached hydrogens (tertiary/aromatic N) is 1. The van der Waals surface area contributed by atoms with Gasteiger partial charge < -0.3 is 19.9 Å². The van der Waals surface area contributed by atoms with Gasteiger partial charge in [-0.1, -0.05) is 24.3 Å². The molecule has 0 bridgehead atoms. The van der Waals surface area contributed by atoms with Gasteiger partial charge in [0.05, 0.1) is 6.04 Å². The fourth-order valence-corrected chi connectivity index (χ4v) is 4.44. The van der Waals surface area contributed by atoms with E-state index in [1.54, 1.807) is 0 Å². The second kappa shape index (κ2) is 6.49. The molecule has 5 heteroatoms. The lowest BCUT2D eigenvalue weighted by atomic mass is 10.0. The summed E-state index contributed by atoms with van der Waals surface area (Å²) < 4.78 is 17.4. The predicted molar refractivity (Wildman–Crippen MR) is 98.7 cm³/mol. The maximum Gasteiger partial charge on any atom is 0.231 e. The van der Waals surface area contributed by atoms with E-state index in [4.69, 9.17) is 19.9 Å². The van der Waals surface area contributed by atoms with Crippen LogP contribution >= 0.6 is 0 Å². The molecule has 3 atom stereocenters. The van der Waals surface area contributed by atoms with Crippen LogP contribution in [-0.4, -0.2) is 36.9 Å². The molecule has 0 aromatic heterocycles. The Morgan fingerprint density at radius 3 is 2.88 bits per heavy atom. The number of benzene rings is 2. The first-order chi connectivity index (χ1) is 12.8. The summed E-state index contributed by atoms with van der Waals surface area (Å²) in [5, 5.41) is 0. The third-order valence-corrected chi connectivity index (χ3v) is 5.71. The summed E-state index contributed by atoms with van der Waals surface area (Å²) in [5.74, 6) is 2.36. The molecule has 0 unspecified atom stereocenters. The molecule has 3 aliphatic rings. The van der Waals surface area contributed by atoms with Gasteiger partial charge in [-0.2, -0.15) is 0 Å². The molecule has 1 fully saturated rings. The van der Waals surface area contributed by atoms with E-state index in [0.29, 0.717) is 6.04 Å². The Morgan fingerprint density at radius 2 is 1.96 bits per heavy atom. The van der Waals surface area contributed by atoms with Crippen LogP contribution in [-0.2, 0) is 6.42 Å². The van der Waals surface area contributed by atoms with E-state index in [0.717, 1.165) is 49.6 Å². The van der Waals surface area contributed by atoms with Crippen molar-refractivity contribution in [2.75, 3.05) is 19.9 Å². The molecule has 0 saturated carbocycles. The monoisotopic (exact) mass is 352 g/mol. The minimum Gasteiger partial charge on any atom is -0.484 e. The van der Waals surface area contributed by atoms with Gasteiger partial charge in [0.2, 0.25) is 6.79 Å². The van der Waals surface area contributed by atoms with Crippen LogP contribution in [0.5, 0.6) is 17.2 Å². The van der Waals surface area contributed by atoms with E-state index in [9.17, 15) is 0 Å². The van der Waals surface area contributed by atoms with Crippen LogP contribution in [0.1, 0.15) is 30.1 Å². The fourth-order valence-electron chi connectivity index (χ4n) is 4.44. The Balaban J connectivity index is 1.44. The fraction of sp³-hybridized carbons (Fsp3) is 0.429. The second-order valence-corrected chi connectivity index (χ2v) is 7.42. The Hall–Kier alpha value is -2.24. The van der Waals surface area contributed by atoms with Gasteiger partial charge in [-0.15, -0.1) is 0 Å². The van der Waals surface area contributed by atoms with Crippen LogP contribution in [0.3, 0.4) is 0 Å². The van der Waals surface area contributed by atoms with Crippen molar-refractivity contribution in [3.63, 3.8) is 0 Å². The van der Waals surface area contributed by atoms with Crippen molar-refractivity contribution in [2.45, 2.75) is 37.5 Å². The van der Waals surface area contributed by atoms with Crippen LogP contribution in [0.25, 0.3) is 0 Å². The number of piperidine rings is 1. The third-order valence-electron chi connectivity index (χ3n) is 5.71. The Bertz CT molecular complexity index is 810. The average Bonchev–Trinajstić information content (AvgIpc) is 3.26. The number of hydrogen-bond donors (Lipinski definition) is 1. The molecule has 0 spiro atoms. The van der Waals surface area contributed by atoms with E-state index in [2.05, 4.69) is 29.2 Å². The number of ether oxygens (including phenoxy) is 3. The van der Waals surface area contributed by atoms with Crippen LogP contribution in [0.15, 0.2) is 42.5 Å².